The van der Waals surface area contributed by atoms with Crippen LogP contribution >= 0.6 is 0 Å². The van der Waals surface area contributed by atoms with Crippen LogP contribution in [0.25, 0.3) is 0 Å². The molecule has 0 saturated carbocycles. The fourth-order valence-electron chi connectivity index (χ4n) is 1.89. The van der Waals surface area contributed by atoms with Crippen molar-refractivity contribution >= 4 is 17.4 Å². The predicted molar refractivity (Wildman–Crippen MR) is 80.8 cm³/mol. The minimum absolute atomic E-state index is 0.0793. The van der Waals surface area contributed by atoms with Gasteiger partial charge in [0.2, 0.25) is 5.91 Å². The van der Waals surface area contributed by atoms with E-state index in [1.165, 1.54) is 0 Å². The van der Waals surface area contributed by atoms with Crippen LogP contribution in [0.2, 0.25) is 0 Å². The SMILES string of the molecule is Cc1ccc(C)c(NC(=O)C(C)Nc2ccn(C)n2)c1. The molecule has 20 heavy (non-hydrogen) atoms. The Morgan fingerprint density at radius 2 is 2.05 bits per heavy atom. The van der Waals surface area contributed by atoms with Crippen LogP contribution in [0.15, 0.2) is 30.5 Å². The van der Waals surface area contributed by atoms with Crippen molar-refractivity contribution in [3.63, 3.8) is 0 Å². The van der Waals surface area contributed by atoms with Crippen LogP contribution in [0, 0.1) is 13.8 Å². The van der Waals surface area contributed by atoms with Crippen molar-refractivity contribution in [2.45, 2.75) is 26.8 Å². The topological polar surface area (TPSA) is 59.0 Å². The van der Waals surface area contributed by atoms with Crippen LogP contribution in [0.3, 0.4) is 0 Å². The largest absolute Gasteiger partial charge is 0.357 e. The van der Waals surface area contributed by atoms with E-state index in [9.17, 15) is 4.79 Å². The van der Waals surface area contributed by atoms with Crippen molar-refractivity contribution in [1.29, 1.82) is 0 Å². The van der Waals surface area contributed by atoms with Crippen molar-refractivity contribution in [2.75, 3.05) is 10.6 Å². The quantitative estimate of drug-likeness (QED) is 0.899. The summed E-state index contributed by atoms with van der Waals surface area (Å²) in [5, 5.41) is 10.2. The van der Waals surface area contributed by atoms with E-state index in [4.69, 9.17) is 0 Å². The molecule has 1 aromatic carbocycles. The van der Waals surface area contributed by atoms with E-state index in [2.05, 4.69) is 15.7 Å². The summed E-state index contributed by atoms with van der Waals surface area (Å²) in [6.45, 7) is 5.80. The van der Waals surface area contributed by atoms with E-state index in [0.717, 1.165) is 16.8 Å². The molecule has 0 fully saturated rings. The van der Waals surface area contributed by atoms with Crippen LogP contribution in [0.4, 0.5) is 11.5 Å². The molecule has 5 heteroatoms. The maximum Gasteiger partial charge on any atom is 0.246 e. The van der Waals surface area contributed by atoms with E-state index >= 15 is 0 Å². The van der Waals surface area contributed by atoms with Gasteiger partial charge in [-0.2, -0.15) is 5.10 Å². The fourth-order valence-corrected chi connectivity index (χ4v) is 1.89. The molecule has 0 aliphatic carbocycles. The van der Waals surface area contributed by atoms with Gasteiger partial charge >= 0.3 is 0 Å². The Balaban J connectivity index is 2.02. The Labute approximate surface area is 119 Å². The third kappa shape index (κ3) is 3.38. The molecule has 0 radical (unpaired) electrons. The second-order valence-corrected chi connectivity index (χ2v) is 5.05. The van der Waals surface area contributed by atoms with Gasteiger partial charge in [-0.15, -0.1) is 0 Å². The first kappa shape index (κ1) is 14.1. The second-order valence-electron chi connectivity index (χ2n) is 5.05. The summed E-state index contributed by atoms with van der Waals surface area (Å²) in [6, 6.07) is 7.48. The van der Waals surface area contributed by atoms with Crippen LogP contribution in [0.1, 0.15) is 18.1 Å². The number of rotatable bonds is 4. The second kappa shape index (κ2) is 5.77. The number of amides is 1. The lowest BCUT2D eigenvalue weighted by Gasteiger charge is -2.15. The summed E-state index contributed by atoms with van der Waals surface area (Å²) in [5.41, 5.74) is 3.02. The predicted octanol–water partition coefficient (Wildman–Crippen LogP) is 2.48. The van der Waals surface area contributed by atoms with Crippen molar-refractivity contribution in [3.05, 3.63) is 41.6 Å². The molecule has 0 saturated heterocycles. The zero-order valence-electron chi connectivity index (χ0n) is 12.3. The summed E-state index contributed by atoms with van der Waals surface area (Å²) in [4.78, 5) is 12.2. The fraction of sp³-hybridized carbons (Fsp3) is 0.333. The highest BCUT2D eigenvalue weighted by Crippen LogP contribution is 2.17. The molecule has 2 rings (SSSR count). The van der Waals surface area contributed by atoms with E-state index < -0.39 is 0 Å². The normalized spacial score (nSPS) is 12.0. The molecule has 1 atom stereocenters. The molecular weight excluding hydrogens is 252 g/mol. The number of aryl methyl sites for hydroxylation is 3. The van der Waals surface area contributed by atoms with Gasteiger partial charge in [0.25, 0.3) is 0 Å². The average molecular weight is 272 g/mol. The van der Waals surface area contributed by atoms with Crippen molar-refractivity contribution in [1.82, 2.24) is 9.78 Å². The lowest BCUT2D eigenvalue weighted by molar-refractivity contribution is -0.116. The first-order valence-electron chi connectivity index (χ1n) is 6.60. The first-order valence-corrected chi connectivity index (χ1v) is 6.60. The summed E-state index contributed by atoms with van der Waals surface area (Å²) < 4.78 is 1.69. The number of benzene rings is 1. The maximum absolute atomic E-state index is 12.2. The Kier molecular flexibility index (Phi) is 4.08. The van der Waals surface area contributed by atoms with Crippen molar-refractivity contribution < 1.29 is 4.79 Å². The zero-order valence-corrected chi connectivity index (χ0v) is 12.3. The number of carbonyl (C=O) groups is 1. The highest BCUT2D eigenvalue weighted by molar-refractivity contribution is 5.96. The lowest BCUT2D eigenvalue weighted by Crippen LogP contribution is -2.32. The van der Waals surface area contributed by atoms with E-state index in [1.807, 2.05) is 58.3 Å². The number of anilines is 2. The standard InChI is InChI=1S/C15H20N4O/c1-10-5-6-11(2)13(9-10)17-15(20)12(3)16-14-7-8-19(4)18-14/h5-9,12H,1-4H3,(H,16,18)(H,17,20). The number of hydrogen-bond acceptors (Lipinski definition) is 3. The minimum Gasteiger partial charge on any atom is -0.357 e. The lowest BCUT2D eigenvalue weighted by atomic mass is 10.1. The third-order valence-corrected chi connectivity index (χ3v) is 3.12. The Bertz CT molecular complexity index is 618. The van der Waals surface area contributed by atoms with Gasteiger partial charge in [0.1, 0.15) is 11.9 Å². The Morgan fingerprint density at radius 3 is 2.70 bits per heavy atom. The van der Waals surface area contributed by atoms with Crippen LogP contribution < -0.4 is 10.6 Å². The van der Waals surface area contributed by atoms with Crippen molar-refractivity contribution in [3.8, 4) is 0 Å². The molecule has 0 aliphatic heterocycles. The number of carbonyl (C=O) groups excluding carboxylic acids is 1. The average Bonchev–Trinajstić information content (AvgIpc) is 2.79. The molecule has 1 unspecified atom stereocenters. The maximum atomic E-state index is 12.2. The van der Waals surface area contributed by atoms with Crippen LogP contribution in [-0.4, -0.2) is 21.7 Å². The molecule has 0 aliphatic rings. The number of hydrogen-bond donors (Lipinski definition) is 2. The molecule has 0 spiro atoms. The molecule has 0 bridgehead atoms. The van der Waals surface area contributed by atoms with Gasteiger partial charge in [0.05, 0.1) is 0 Å². The zero-order chi connectivity index (χ0) is 14.7. The molecule has 2 N–H and O–H groups in total. The van der Waals surface area contributed by atoms with E-state index in [-0.39, 0.29) is 11.9 Å². The third-order valence-electron chi connectivity index (χ3n) is 3.12. The van der Waals surface area contributed by atoms with Gasteiger partial charge in [-0.05, 0) is 38.0 Å². The van der Waals surface area contributed by atoms with Gasteiger partial charge in [0.15, 0.2) is 0 Å². The molecule has 1 heterocycles. The van der Waals surface area contributed by atoms with Crippen LogP contribution in [0.5, 0.6) is 0 Å². The minimum atomic E-state index is -0.357. The summed E-state index contributed by atoms with van der Waals surface area (Å²) in [6.07, 6.45) is 1.83. The van der Waals surface area contributed by atoms with Gasteiger partial charge in [-0.3, -0.25) is 9.48 Å². The van der Waals surface area contributed by atoms with E-state index in [1.54, 1.807) is 4.68 Å². The molecule has 106 valence electrons. The van der Waals surface area contributed by atoms with Crippen molar-refractivity contribution in [2.24, 2.45) is 7.05 Å². The van der Waals surface area contributed by atoms with Crippen LogP contribution in [-0.2, 0) is 11.8 Å². The highest BCUT2D eigenvalue weighted by atomic mass is 16.2. The first-order chi connectivity index (χ1) is 9.45. The smallest absolute Gasteiger partial charge is 0.246 e. The summed E-state index contributed by atoms with van der Waals surface area (Å²) >= 11 is 0. The molecule has 1 aromatic heterocycles. The highest BCUT2D eigenvalue weighted by Gasteiger charge is 2.14. The number of nitrogens with zero attached hydrogens (tertiary/aromatic N) is 2. The molecule has 1 amide bonds. The Hall–Kier alpha value is -2.30. The summed E-state index contributed by atoms with van der Waals surface area (Å²) in [7, 11) is 1.84. The van der Waals surface area contributed by atoms with E-state index in [0.29, 0.717) is 5.82 Å². The van der Waals surface area contributed by atoms with Gasteiger partial charge in [-0.1, -0.05) is 12.1 Å². The molecular formula is C15H20N4O. The summed E-state index contributed by atoms with van der Waals surface area (Å²) in [5.74, 6) is 0.612. The monoisotopic (exact) mass is 272 g/mol. The molecule has 5 nitrogen and oxygen atoms in total. The van der Waals surface area contributed by atoms with Gasteiger partial charge < -0.3 is 10.6 Å². The van der Waals surface area contributed by atoms with Gasteiger partial charge in [-0.25, -0.2) is 0 Å². The Morgan fingerprint density at radius 1 is 1.30 bits per heavy atom. The number of aromatic nitrogens is 2. The van der Waals surface area contributed by atoms with Gasteiger partial charge in [0, 0.05) is 25.0 Å². The molecule has 2 aromatic rings. The number of nitrogens with one attached hydrogen (secondary N) is 2.